The van der Waals surface area contributed by atoms with Crippen LogP contribution in [0.1, 0.15) is 44.4 Å². The van der Waals surface area contributed by atoms with E-state index in [1.165, 1.54) is 6.07 Å². The molecule has 1 amide bonds. The molecule has 1 aliphatic rings. The summed E-state index contributed by atoms with van der Waals surface area (Å²) in [6, 6.07) is 2.81. The average Bonchev–Trinajstić information content (AvgIpc) is 2.25. The Bertz CT molecular complexity index is 491. The first kappa shape index (κ1) is 13.0. The number of amides is 1. The van der Waals surface area contributed by atoms with Crippen molar-refractivity contribution >= 4 is 11.6 Å². The molecule has 98 valence electrons. The van der Waals surface area contributed by atoms with Crippen LogP contribution in [0.5, 0.6) is 0 Å². The number of fused-ring (bicyclic) bond motifs is 1. The molecule has 1 heterocycles. The second kappa shape index (κ2) is 4.35. The van der Waals surface area contributed by atoms with Crippen LogP contribution in [0.4, 0.5) is 10.1 Å². The fraction of sp³-hybridized carbons (Fsp3) is 0.500. The number of carbonyl (C=O) groups is 1. The third-order valence-corrected chi connectivity index (χ3v) is 3.39. The summed E-state index contributed by atoms with van der Waals surface area (Å²) >= 11 is 0. The van der Waals surface area contributed by atoms with Gasteiger partial charge in [-0.05, 0) is 29.5 Å². The van der Waals surface area contributed by atoms with Crippen molar-refractivity contribution < 1.29 is 9.18 Å². The molecular formula is C14H19FN2O. The van der Waals surface area contributed by atoms with E-state index in [1.54, 1.807) is 6.07 Å². The van der Waals surface area contributed by atoms with Crippen LogP contribution in [0.2, 0.25) is 0 Å². The van der Waals surface area contributed by atoms with Crippen LogP contribution >= 0.6 is 0 Å². The Morgan fingerprint density at radius 2 is 2.00 bits per heavy atom. The van der Waals surface area contributed by atoms with E-state index in [4.69, 9.17) is 5.73 Å². The first-order chi connectivity index (χ1) is 8.29. The van der Waals surface area contributed by atoms with Gasteiger partial charge in [-0.1, -0.05) is 20.8 Å². The summed E-state index contributed by atoms with van der Waals surface area (Å²) in [4.78, 5) is 11.3. The molecule has 0 bridgehead atoms. The lowest BCUT2D eigenvalue weighted by atomic mass is 9.82. The molecule has 4 heteroatoms. The predicted molar refractivity (Wildman–Crippen MR) is 69.7 cm³/mol. The van der Waals surface area contributed by atoms with Gasteiger partial charge in [0.25, 0.3) is 0 Å². The van der Waals surface area contributed by atoms with E-state index in [1.807, 2.05) is 20.8 Å². The van der Waals surface area contributed by atoms with Crippen molar-refractivity contribution in [3.05, 3.63) is 29.1 Å². The van der Waals surface area contributed by atoms with Crippen molar-refractivity contribution in [2.75, 3.05) is 5.32 Å². The molecule has 0 radical (unpaired) electrons. The van der Waals surface area contributed by atoms with Gasteiger partial charge in [0.05, 0.1) is 0 Å². The molecule has 0 fully saturated rings. The van der Waals surface area contributed by atoms with Crippen molar-refractivity contribution in [1.82, 2.24) is 0 Å². The van der Waals surface area contributed by atoms with Gasteiger partial charge in [-0.25, -0.2) is 4.39 Å². The average molecular weight is 250 g/mol. The number of hydrogen-bond donors (Lipinski definition) is 2. The number of nitrogens with two attached hydrogens (primary N) is 1. The number of rotatable bonds is 1. The van der Waals surface area contributed by atoms with E-state index in [2.05, 4.69) is 5.32 Å². The standard InChI is InChI=1S/C14H19FN2O/c1-14(2,3)13(16)9-6-8-4-5-12(18)17-11(8)7-10(9)15/h6-7,13H,4-5,16H2,1-3H3,(H,17,18). The molecule has 1 unspecified atom stereocenters. The maximum Gasteiger partial charge on any atom is 0.224 e. The minimum Gasteiger partial charge on any atom is -0.326 e. The number of aryl methyl sites for hydroxylation is 1. The number of hydrogen-bond acceptors (Lipinski definition) is 2. The Kier molecular flexibility index (Phi) is 3.15. The zero-order valence-corrected chi connectivity index (χ0v) is 11.0. The van der Waals surface area contributed by atoms with Crippen molar-refractivity contribution in [3.8, 4) is 0 Å². The van der Waals surface area contributed by atoms with Gasteiger partial charge >= 0.3 is 0 Å². The summed E-state index contributed by atoms with van der Waals surface area (Å²) in [6.07, 6.45) is 1.09. The normalized spacial score (nSPS) is 17.1. The van der Waals surface area contributed by atoms with Gasteiger partial charge in [0.15, 0.2) is 0 Å². The molecule has 3 nitrogen and oxygen atoms in total. The summed E-state index contributed by atoms with van der Waals surface area (Å²) < 4.78 is 14.1. The molecule has 1 aromatic carbocycles. The Balaban J connectivity index is 2.43. The van der Waals surface area contributed by atoms with Gasteiger partial charge in [-0.2, -0.15) is 0 Å². The fourth-order valence-electron chi connectivity index (χ4n) is 2.13. The monoisotopic (exact) mass is 250 g/mol. The molecule has 1 atom stereocenters. The zero-order valence-electron chi connectivity index (χ0n) is 11.0. The van der Waals surface area contributed by atoms with E-state index in [0.717, 1.165) is 5.56 Å². The van der Waals surface area contributed by atoms with Crippen LogP contribution in [0.3, 0.4) is 0 Å². The maximum atomic E-state index is 14.1. The summed E-state index contributed by atoms with van der Waals surface area (Å²) in [5.74, 6) is -0.409. The van der Waals surface area contributed by atoms with Gasteiger partial charge in [0.1, 0.15) is 5.82 Å². The van der Waals surface area contributed by atoms with Gasteiger partial charge in [0.2, 0.25) is 5.91 Å². The van der Waals surface area contributed by atoms with Crippen molar-refractivity contribution in [3.63, 3.8) is 0 Å². The molecule has 0 spiro atoms. The van der Waals surface area contributed by atoms with Crippen LogP contribution in [0, 0.1) is 11.2 Å². The highest BCUT2D eigenvalue weighted by Gasteiger charge is 2.27. The second-order valence-corrected chi connectivity index (χ2v) is 5.92. The van der Waals surface area contributed by atoms with Gasteiger partial charge in [-0.3, -0.25) is 4.79 Å². The van der Waals surface area contributed by atoms with E-state index in [-0.39, 0.29) is 23.2 Å². The zero-order chi connectivity index (χ0) is 13.5. The largest absolute Gasteiger partial charge is 0.326 e. The summed E-state index contributed by atoms with van der Waals surface area (Å²) in [6.45, 7) is 5.95. The predicted octanol–water partition coefficient (Wildman–Crippen LogP) is 2.76. The number of benzene rings is 1. The molecular weight excluding hydrogens is 231 g/mol. The fourth-order valence-corrected chi connectivity index (χ4v) is 2.13. The Labute approximate surface area is 107 Å². The van der Waals surface area contributed by atoms with Crippen LogP contribution in [0.25, 0.3) is 0 Å². The highest BCUT2D eigenvalue weighted by atomic mass is 19.1. The number of anilines is 1. The molecule has 0 aromatic heterocycles. The molecule has 0 aliphatic carbocycles. The van der Waals surface area contributed by atoms with Gasteiger partial charge in [-0.15, -0.1) is 0 Å². The SMILES string of the molecule is CC(C)(C)C(N)c1cc2c(cc1F)NC(=O)CC2. The molecule has 18 heavy (non-hydrogen) atoms. The highest BCUT2D eigenvalue weighted by Crippen LogP contribution is 2.35. The Morgan fingerprint density at radius 3 is 2.61 bits per heavy atom. The van der Waals surface area contributed by atoms with Crippen LogP contribution in [0.15, 0.2) is 12.1 Å². The molecule has 2 rings (SSSR count). The third-order valence-electron chi connectivity index (χ3n) is 3.39. The molecule has 3 N–H and O–H groups in total. The quantitative estimate of drug-likeness (QED) is 0.805. The van der Waals surface area contributed by atoms with E-state index in [0.29, 0.717) is 24.1 Å². The lowest BCUT2D eigenvalue weighted by Gasteiger charge is -2.29. The minimum atomic E-state index is -0.361. The summed E-state index contributed by atoms with van der Waals surface area (Å²) in [5, 5.41) is 2.69. The Morgan fingerprint density at radius 1 is 1.33 bits per heavy atom. The molecule has 0 saturated carbocycles. The number of halogens is 1. The number of nitrogens with one attached hydrogen (secondary N) is 1. The molecule has 1 aromatic rings. The first-order valence-electron chi connectivity index (χ1n) is 6.17. The van der Waals surface area contributed by atoms with Gasteiger partial charge < -0.3 is 11.1 Å². The second-order valence-electron chi connectivity index (χ2n) is 5.92. The molecule has 0 saturated heterocycles. The van der Waals surface area contributed by atoms with E-state index in [9.17, 15) is 9.18 Å². The molecule has 1 aliphatic heterocycles. The maximum absolute atomic E-state index is 14.1. The van der Waals surface area contributed by atoms with E-state index < -0.39 is 0 Å². The Hall–Kier alpha value is -1.42. The van der Waals surface area contributed by atoms with Crippen LogP contribution < -0.4 is 11.1 Å². The third kappa shape index (κ3) is 2.38. The van der Waals surface area contributed by atoms with Crippen molar-refractivity contribution in [2.45, 2.75) is 39.7 Å². The first-order valence-corrected chi connectivity index (χ1v) is 6.17. The summed E-state index contributed by atoms with van der Waals surface area (Å²) in [5.41, 5.74) is 7.97. The van der Waals surface area contributed by atoms with Crippen LogP contribution in [-0.2, 0) is 11.2 Å². The van der Waals surface area contributed by atoms with Gasteiger partial charge in [0, 0.05) is 23.7 Å². The summed E-state index contributed by atoms with van der Waals surface area (Å²) in [7, 11) is 0. The van der Waals surface area contributed by atoms with Crippen molar-refractivity contribution in [1.29, 1.82) is 0 Å². The van der Waals surface area contributed by atoms with Crippen molar-refractivity contribution in [2.24, 2.45) is 11.1 Å². The topological polar surface area (TPSA) is 55.1 Å². The highest BCUT2D eigenvalue weighted by molar-refractivity contribution is 5.93. The minimum absolute atomic E-state index is 0.0604. The van der Waals surface area contributed by atoms with E-state index >= 15 is 0 Å². The van der Waals surface area contributed by atoms with Crippen LogP contribution in [-0.4, -0.2) is 5.91 Å². The lowest BCUT2D eigenvalue weighted by molar-refractivity contribution is -0.116. The number of carbonyl (C=O) groups excluding carboxylic acids is 1. The lowest BCUT2D eigenvalue weighted by Crippen LogP contribution is -2.28. The smallest absolute Gasteiger partial charge is 0.224 e.